The molecule has 1 saturated carbocycles. The van der Waals surface area contributed by atoms with Crippen LogP contribution in [0.4, 0.5) is 5.69 Å². The van der Waals surface area contributed by atoms with E-state index in [9.17, 15) is 4.79 Å². The first-order chi connectivity index (χ1) is 11.3. The molecular weight excluding hydrogens is 328 g/mol. The summed E-state index contributed by atoms with van der Waals surface area (Å²) >= 11 is 0. The molecule has 4 rings (SSSR count). The normalized spacial score (nSPS) is 27.3. The van der Waals surface area contributed by atoms with Crippen LogP contribution in [0.15, 0.2) is 24.3 Å². The van der Waals surface area contributed by atoms with E-state index >= 15 is 0 Å². The molecule has 3 fully saturated rings. The highest BCUT2D eigenvalue weighted by molar-refractivity contribution is 5.96. The molecule has 2 atom stereocenters. The van der Waals surface area contributed by atoms with Crippen molar-refractivity contribution < 1.29 is 14.3 Å². The number of rotatable bonds is 4. The minimum Gasteiger partial charge on any atom is -0.486 e. The fraction of sp³-hybridized carbons (Fsp3) is 0.611. The first-order valence-electron chi connectivity index (χ1n) is 8.62. The van der Waals surface area contributed by atoms with Gasteiger partial charge in [0.15, 0.2) is 0 Å². The molecule has 1 aromatic carbocycles. The molecular formula is C18H25ClN2O3. The van der Waals surface area contributed by atoms with Crippen molar-refractivity contribution in [3.8, 4) is 5.75 Å². The van der Waals surface area contributed by atoms with Gasteiger partial charge in [-0.05, 0) is 49.9 Å². The molecule has 2 heterocycles. The number of ether oxygens (including phenoxy) is 2. The Labute approximate surface area is 148 Å². The van der Waals surface area contributed by atoms with Gasteiger partial charge in [-0.25, -0.2) is 0 Å². The van der Waals surface area contributed by atoms with Crippen molar-refractivity contribution in [2.75, 3.05) is 31.6 Å². The number of halogens is 1. The number of piperidine rings is 1. The summed E-state index contributed by atoms with van der Waals surface area (Å²) in [5.41, 5.74) is 1.03. The lowest BCUT2D eigenvalue weighted by Crippen LogP contribution is -2.31. The van der Waals surface area contributed by atoms with Crippen LogP contribution in [0.25, 0.3) is 0 Å². The first kappa shape index (κ1) is 17.5. The highest BCUT2D eigenvalue weighted by Gasteiger charge is 2.57. The van der Waals surface area contributed by atoms with Gasteiger partial charge in [0.25, 0.3) is 0 Å². The van der Waals surface area contributed by atoms with Gasteiger partial charge in [0.05, 0.1) is 18.9 Å². The van der Waals surface area contributed by atoms with Gasteiger partial charge < -0.3 is 20.1 Å². The van der Waals surface area contributed by atoms with E-state index < -0.39 is 0 Å². The molecule has 2 aliphatic heterocycles. The molecule has 1 aromatic rings. The molecule has 3 aliphatic rings. The number of hydrogen-bond acceptors (Lipinski definition) is 4. The summed E-state index contributed by atoms with van der Waals surface area (Å²) in [4.78, 5) is 12.6. The fourth-order valence-electron chi connectivity index (χ4n) is 3.87. The monoisotopic (exact) mass is 352 g/mol. The summed E-state index contributed by atoms with van der Waals surface area (Å²) in [6.07, 6.45) is 4.25. The lowest BCUT2D eigenvalue weighted by atomic mass is 9.92. The minimum atomic E-state index is 0. The lowest BCUT2D eigenvalue weighted by Gasteiger charge is -2.23. The predicted molar refractivity (Wildman–Crippen MR) is 94.8 cm³/mol. The molecule has 2 unspecified atom stereocenters. The number of amides is 1. The molecule has 6 heteroatoms. The van der Waals surface area contributed by atoms with Crippen molar-refractivity contribution in [3.05, 3.63) is 24.3 Å². The predicted octanol–water partition coefficient (Wildman–Crippen LogP) is 2.60. The zero-order valence-corrected chi connectivity index (χ0v) is 14.6. The van der Waals surface area contributed by atoms with Gasteiger partial charge in [0.2, 0.25) is 5.91 Å². The number of carbonyl (C=O) groups excluding carboxylic acids is 1. The third kappa shape index (κ3) is 3.53. The van der Waals surface area contributed by atoms with Crippen LogP contribution in [0.5, 0.6) is 5.75 Å². The van der Waals surface area contributed by atoms with Crippen LogP contribution in [0, 0.1) is 11.3 Å². The third-order valence-electron chi connectivity index (χ3n) is 5.43. The van der Waals surface area contributed by atoms with E-state index in [1.165, 1.54) is 0 Å². The Kier molecular flexibility index (Phi) is 5.33. The summed E-state index contributed by atoms with van der Waals surface area (Å²) in [5, 5.41) is 6.47. The second-order valence-corrected chi connectivity index (χ2v) is 6.96. The molecule has 24 heavy (non-hydrogen) atoms. The quantitative estimate of drug-likeness (QED) is 0.874. The van der Waals surface area contributed by atoms with Crippen molar-refractivity contribution in [2.45, 2.75) is 31.8 Å². The first-order valence-corrected chi connectivity index (χ1v) is 8.62. The number of anilines is 1. The van der Waals surface area contributed by atoms with Gasteiger partial charge in [-0.15, -0.1) is 12.4 Å². The van der Waals surface area contributed by atoms with E-state index in [2.05, 4.69) is 10.6 Å². The maximum atomic E-state index is 12.6. The van der Waals surface area contributed by atoms with E-state index in [0.29, 0.717) is 6.61 Å². The minimum absolute atomic E-state index is 0. The van der Waals surface area contributed by atoms with E-state index in [4.69, 9.17) is 9.47 Å². The lowest BCUT2D eigenvalue weighted by molar-refractivity contribution is -0.118. The van der Waals surface area contributed by atoms with Crippen molar-refractivity contribution in [2.24, 2.45) is 11.3 Å². The average molecular weight is 353 g/mol. The van der Waals surface area contributed by atoms with Crippen LogP contribution in [0.2, 0.25) is 0 Å². The largest absolute Gasteiger partial charge is 0.486 e. The molecule has 0 radical (unpaired) electrons. The number of carbonyl (C=O) groups is 1. The molecule has 2 saturated heterocycles. The smallest absolute Gasteiger partial charge is 0.228 e. The fourth-order valence-corrected chi connectivity index (χ4v) is 3.87. The zero-order valence-electron chi connectivity index (χ0n) is 13.8. The van der Waals surface area contributed by atoms with Crippen molar-refractivity contribution in [1.82, 2.24) is 5.32 Å². The van der Waals surface area contributed by atoms with Gasteiger partial charge in [-0.2, -0.15) is 0 Å². The molecule has 2 N–H and O–H groups in total. The standard InChI is InChI=1S/C18H24N2O3.ClH/c21-17(14-11-18(14)6-8-19-9-7-18)20-15-3-1-2-4-16(15)23-13-5-10-22-12-13;/h1-4,13-14,19H,5-12H2,(H,20,21);1H. The van der Waals surface area contributed by atoms with E-state index in [1.807, 2.05) is 24.3 Å². The highest BCUT2D eigenvalue weighted by Crippen LogP contribution is 2.58. The Hall–Kier alpha value is -1.30. The number of hydrogen-bond donors (Lipinski definition) is 2. The Morgan fingerprint density at radius 1 is 1.29 bits per heavy atom. The van der Waals surface area contributed by atoms with Gasteiger partial charge in [-0.1, -0.05) is 12.1 Å². The van der Waals surface area contributed by atoms with Crippen molar-refractivity contribution in [1.29, 1.82) is 0 Å². The Morgan fingerprint density at radius 3 is 2.83 bits per heavy atom. The summed E-state index contributed by atoms with van der Waals surface area (Å²) in [5.74, 6) is 1.05. The van der Waals surface area contributed by atoms with Crippen molar-refractivity contribution in [3.63, 3.8) is 0 Å². The molecule has 0 bridgehead atoms. The topological polar surface area (TPSA) is 59.6 Å². The summed E-state index contributed by atoms with van der Waals surface area (Å²) in [7, 11) is 0. The SMILES string of the molecule is Cl.O=C(Nc1ccccc1OC1CCOC1)C1CC12CCNCC2. The van der Waals surface area contributed by atoms with Crippen LogP contribution in [-0.4, -0.2) is 38.3 Å². The Morgan fingerprint density at radius 2 is 2.08 bits per heavy atom. The maximum absolute atomic E-state index is 12.6. The number of nitrogens with one attached hydrogen (secondary N) is 2. The van der Waals surface area contributed by atoms with Gasteiger partial charge >= 0.3 is 0 Å². The average Bonchev–Trinajstić information content (AvgIpc) is 3.02. The molecule has 1 amide bonds. The molecule has 1 aliphatic carbocycles. The van der Waals surface area contributed by atoms with Crippen LogP contribution in [-0.2, 0) is 9.53 Å². The molecule has 132 valence electrons. The van der Waals surface area contributed by atoms with E-state index in [1.54, 1.807) is 0 Å². The van der Waals surface area contributed by atoms with E-state index in [-0.39, 0.29) is 35.8 Å². The second kappa shape index (κ2) is 7.30. The van der Waals surface area contributed by atoms with Crippen LogP contribution >= 0.6 is 12.4 Å². The van der Waals surface area contributed by atoms with Gasteiger partial charge in [0, 0.05) is 12.3 Å². The van der Waals surface area contributed by atoms with Crippen LogP contribution < -0.4 is 15.4 Å². The number of para-hydroxylation sites is 2. The van der Waals surface area contributed by atoms with Crippen LogP contribution in [0.3, 0.4) is 0 Å². The Bertz CT molecular complexity index is 583. The molecule has 1 spiro atoms. The van der Waals surface area contributed by atoms with Crippen LogP contribution in [0.1, 0.15) is 25.7 Å². The Balaban J connectivity index is 0.00000169. The summed E-state index contributed by atoms with van der Waals surface area (Å²) < 4.78 is 11.4. The highest BCUT2D eigenvalue weighted by atomic mass is 35.5. The zero-order chi connectivity index (χ0) is 15.7. The van der Waals surface area contributed by atoms with E-state index in [0.717, 1.165) is 56.8 Å². The molecule has 5 nitrogen and oxygen atoms in total. The second-order valence-electron chi connectivity index (χ2n) is 6.96. The molecule has 0 aromatic heterocycles. The summed E-state index contributed by atoms with van der Waals surface area (Å²) in [6, 6.07) is 7.70. The van der Waals surface area contributed by atoms with Gasteiger partial charge in [-0.3, -0.25) is 4.79 Å². The number of benzene rings is 1. The summed E-state index contributed by atoms with van der Waals surface area (Å²) in [6.45, 7) is 3.44. The third-order valence-corrected chi connectivity index (χ3v) is 5.43. The van der Waals surface area contributed by atoms with Gasteiger partial charge in [0.1, 0.15) is 11.9 Å². The maximum Gasteiger partial charge on any atom is 0.228 e. The van der Waals surface area contributed by atoms with Crippen molar-refractivity contribution >= 4 is 24.0 Å².